The van der Waals surface area contributed by atoms with Crippen LogP contribution in [0.1, 0.15) is 38.2 Å². The molecule has 2 aromatic carbocycles. The molecule has 1 fully saturated rings. The number of amides is 2. The first-order valence-corrected chi connectivity index (χ1v) is 13.9. The van der Waals surface area contributed by atoms with Crippen LogP contribution in [0, 0.1) is 0 Å². The molecule has 10 heteroatoms. The van der Waals surface area contributed by atoms with Crippen LogP contribution in [0.15, 0.2) is 59.1 Å². The molecule has 35 heavy (non-hydrogen) atoms. The Morgan fingerprint density at radius 1 is 1.06 bits per heavy atom. The molecular formula is C25H33BrN4O4S. The number of benzene rings is 2. The molecule has 1 aliphatic carbocycles. The molecular weight excluding hydrogens is 532 g/mol. The molecule has 0 aliphatic heterocycles. The third-order valence-electron chi connectivity index (χ3n) is 6.17. The molecule has 8 nitrogen and oxygen atoms in total. The summed E-state index contributed by atoms with van der Waals surface area (Å²) >= 11 is 3.45. The van der Waals surface area contributed by atoms with Crippen molar-refractivity contribution in [2.75, 3.05) is 24.9 Å². The van der Waals surface area contributed by atoms with Gasteiger partial charge in [-0.3, -0.25) is 9.59 Å². The molecule has 1 atom stereocenters. The summed E-state index contributed by atoms with van der Waals surface area (Å²) in [7, 11) is -1.11. The van der Waals surface area contributed by atoms with Gasteiger partial charge < -0.3 is 10.2 Å². The van der Waals surface area contributed by atoms with Crippen molar-refractivity contribution >= 4 is 43.6 Å². The standard InChI is InChI=1S/C25H33BrN4O4S/c1-19(25(32)27-22-12-7-8-13-22)29(17-20-10-9-11-21(26)16-20)24(31)18-30(35(33,34)28(2)3)23-14-5-4-6-15-23/h4-6,9-11,14-16,19,22H,7-8,12-13,17-18H2,1-3H3,(H,27,32)/t19-/m1/s1. The second-order valence-electron chi connectivity index (χ2n) is 8.95. The first-order chi connectivity index (χ1) is 16.6. The van der Waals surface area contributed by atoms with Gasteiger partial charge in [-0.1, -0.05) is 59.1 Å². The number of para-hydroxylation sites is 1. The minimum absolute atomic E-state index is 0.114. The smallest absolute Gasteiger partial charge is 0.304 e. The fourth-order valence-electron chi connectivity index (χ4n) is 4.12. The van der Waals surface area contributed by atoms with Gasteiger partial charge in [0.05, 0.1) is 5.69 Å². The van der Waals surface area contributed by atoms with Crippen LogP contribution in [0.3, 0.4) is 0 Å². The van der Waals surface area contributed by atoms with E-state index < -0.39 is 28.7 Å². The van der Waals surface area contributed by atoms with Crippen LogP contribution in [0.25, 0.3) is 0 Å². The van der Waals surface area contributed by atoms with E-state index >= 15 is 0 Å². The van der Waals surface area contributed by atoms with Crippen molar-refractivity contribution in [2.45, 2.75) is 51.2 Å². The zero-order valence-corrected chi connectivity index (χ0v) is 22.8. The Kier molecular flexibility index (Phi) is 9.32. The molecule has 3 rings (SSSR count). The Morgan fingerprint density at radius 2 is 1.71 bits per heavy atom. The van der Waals surface area contributed by atoms with Crippen LogP contribution in [0.5, 0.6) is 0 Å². The maximum atomic E-state index is 13.7. The van der Waals surface area contributed by atoms with Gasteiger partial charge in [0.25, 0.3) is 0 Å². The van der Waals surface area contributed by atoms with Crippen LogP contribution in [-0.4, -0.2) is 62.2 Å². The third-order valence-corrected chi connectivity index (χ3v) is 8.49. The summed E-state index contributed by atoms with van der Waals surface area (Å²) in [6, 6.07) is 15.3. The molecule has 0 heterocycles. The Morgan fingerprint density at radius 3 is 2.31 bits per heavy atom. The van der Waals surface area contributed by atoms with E-state index in [1.807, 2.05) is 24.3 Å². The number of nitrogens with one attached hydrogen (secondary N) is 1. The predicted molar refractivity (Wildman–Crippen MR) is 141 cm³/mol. The molecule has 1 aliphatic rings. The molecule has 1 N–H and O–H groups in total. The lowest BCUT2D eigenvalue weighted by Gasteiger charge is -2.33. The van der Waals surface area contributed by atoms with Crippen molar-refractivity contribution in [3.63, 3.8) is 0 Å². The fraction of sp³-hybridized carbons (Fsp3) is 0.440. The van der Waals surface area contributed by atoms with E-state index in [2.05, 4.69) is 21.2 Å². The van der Waals surface area contributed by atoms with Gasteiger partial charge in [-0.25, -0.2) is 4.31 Å². The van der Waals surface area contributed by atoms with E-state index in [1.54, 1.807) is 37.3 Å². The largest absolute Gasteiger partial charge is 0.352 e. The van der Waals surface area contributed by atoms with Crippen molar-refractivity contribution in [3.8, 4) is 0 Å². The summed E-state index contributed by atoms with van der Waals surface area (Å²) in [6.45, 7) is 1.43. The van der Waals surface area contributed by atoms with Crippen molar-refractivity contribution in [3.05, 3.63) is 64.6 Å². The number of carbonyl (C=O) groups excluding carboxylic acids is 2. The van der Waals surface area contributed by atoms with Gasteiger partial charge in [0.2, 0.25) is 11.8 Å². The third kappa shape index (κ3) is 7.05. The summed E-state index contributed by atoms with van der Waals surface area (Å²) in [5.41, 5.74) is 1.20. The molecule has 0 spiro atoms. The summed E-state index contributed by atoms with van der Waals surface area (Å²) in [5.74, 6) is -0.699. The highest BCUT2D eigenvalue weighted by Crippen LogP contribution is 2.22. The van der Waals surface area contributed by atoms with Gasteiger partial charge in [0.1, 0.15) is 12.6 Å². The number of anilines is 1. The van der Waals surface area contributed by atoms with Crippen molar-refractivity contribution < 1.29 is 18.0 Å². The summed E-state index contributed by atoms with van der Waals surface area (Å²) < 4.78 is 29.2. The zero-order valence-electron chi connectivity index (χ0n) is 20.4. The van der Waals surface area contributed by atoms with Crippen molar-refractivity contribution in [1.29, 1.82) is 0 Å². The Bertz CT molecular complexity index is 1120. The van der Waals surface area contributed by atoms with E-state index in [-0.39, 0.29) is 18.5 Å². The number of halogens is 1. The number of rotatable bonds is 10. The summed E-state index contributed by atoms with van der Waals surface area (Å²) in [5, 5.41) is 3.06. The van der Waals surface area contributed by atoms with Gasteiger partial charge in [0, 0.05) is 31.2 Å². The lowest BCUT2D eigenvalue weighted by atomic mass is 10.1. The van der Waals surface area contributed by atoms with Gasteiger partial charge >= 0.3 is 10.2 Å². The van der Waals surface area contributed by atoms with Crippen LogP contribution >= 0.6 is 15.9 Å². The Hall–Kier alpha value is -2.43. The van der Waals surface area contributed by atoms with E-state index in [1.165, 1.54) is 19.0 Å². The summed E-state index contributed by atoms with van der Waals surface area (Å²) in [4.78, 5) is 28.2. The highest BCUT2D eigenvalue weighted by molar-refractivity contribution is 9.10. The van der Waals surface area contributed by atoms with Crippen LogP contribution in [0.4, 0.5) is 5.69 Å². The minimum Gasteiger partial charge on any atom is -0.352 e. The highest BCUT2D eigenvalue weighted by Gasteiger charge is 2.33. The van der Waals surface area contributed by atoms with Crippen LogP contribution in [-0.2, 0) is 26.3 Å². The van der Waals surface area contributed by atoms with Gasteiger partial charge in [-0.15, -0.1) is 0 Å². The number of hydrogen-bond donors (Lipinski definition) is 1. The van der Waals surface area contributed by atoms with Crippen LogP contribution in [0.2, 0.25) is 0 Å². The average Bonchev–Trinajstić information content (AvgIpc) is 3.33. The van der Waals surface area contributed by atoms with Crippen LogP contribution < -0.4 is 9.62 Å². The molecule has 0 unspecified atom stereocenters. The zero-order chi connectivity index (χ0) is 25.6. The van der Waals surface area contributed by atoms with Crippen molar-refractivity contribution in [2.24, 2.45) is 0 Å². The quantitative estimate of drug-likeness (QED) is 0.478. The van der Waals surface area contributed by atoms with E-state index in [4.69, 9.17) is 0 Å². The SMILES string of the molecule is C[C@H](C(=O)NC1CCCC1)N(Cc1cccc(Br)c1)C(=O)CN(c1ccccc1)S(=O)(=O)N(C)C. The lowest BCUT2D eigenvalue weighted by molar-refractivity contribution is -0.139. The molecule has 1 saturated carbocycles. The first-order valence-electron chi connectivity index (χ1n) is 11.7. The molecule has 2 amide bonds. The Labute approximate surface area is 216 Å². The Balaban J connectivity index is 1.90. The number of nitrogens with zero attached hydrogens (tertiary/aromatic N) is 3. The second kappa shape index (κ2) is 12.0. The van der Waals surface area contributed by atoms with E-state index in [0.29, 0.717) is 5.69 Å². The highest BCUT2D eigenvalue weighted by atomic mass is 79.9. The van der Waals surface area contributed by atoms with E-state index in [0.717, 1.165) is 44.3 Å². The predicted octanol–water partition coefficient (Wildman–Crippen LogP) is 3.54. The molecule has 0 radical (unpaired) electrons. The maximum Gasteiger partial charge on any atom is 0.304 e. The average molecular weight is 566 g/mol. The van der Waals surface area contributed by atoms with Crippen molar-refractivity contribution in [1.82, 2.24) is 14.5 Å². The lowest BCUT2D eigenvalue weighted by Crippen LogP contribution is -2.53. The first kappa shape index (κ1) is 27.2. The van der Waals surface area contributed by atoms with E-state index in [9.17, 15) is 18.0 Å². The van der Waals surface area contributed by atoms with Gasteiger partial charge in [-0.05, 0) is 49.6 Å². The summed E-state index contributed by atoms with van der Waals surface area (Å²) in [6.07, 6.45) is 4.02. The fourth-order valence-corrected chi connectivity index (χ4v) is 5.62. The normalized spacial score (nSPS) is 15.1. The monoisotopic (exact) mass is 564 g/mol. The molecule has 2 aromatic rings. The molecule has 0 bridgehead atoms. The molecule has 0 aromatic heterocycles. The second-order valence-corrected chi connectivity index (χ2v) is 11.9. The van der Waals surface area contributed by atoms with Gasteiger partial charge in [0.15, 0.2) is 0 Å². The minimum atomic E-state index is -3.95. The topological polar surface area (TPSA) is 90.0 Å². The molecule has 190 valence electrons. The number of carbonyl (C=O) groups is 2. The number of hydrogen-bond acceptors (Lipinski definition) is 4. The van der Waals surface area contributed by atoms with Gasteiger partial charge in [-0.2, -0.15) is 12.7 Å². The maximum absolute atomic E-state index is 13.7. The molecule has 0 saturated heterocycles.